The molecule has 0 fully saturated rings. The monoisotopic (exact) mass is 1220 g/mol. The second kappa shape index (κ2) is 25.8. The number of ether oxygens (including phenoxy) is 1. The van der Waals surface area contributed by atoms with E-state index in [1.807, 2.05) is 0 Å². The first-order valence-corrected chi connectivity index (χ1v) is 28.6. The van der Waals surface area contributed by atoms with Crippen LogP contribution in [-0.2, 0) is 71.3 Å². The van der Waals surface area contributed by atoms with Crippen LogP contribution in [-0.4, -0.2) is 121 Å². The number of thiazole rings is 1. The van der Waals surface area contributed by atoms with Gasteiger partial charge in [-0.1, -0.05) is 29.0 Å². The van der Waals surface area contributed by atoms with Gasteiger partial charge in [0, 0.05) is 16.8 Å². The zero-order valence-electron chi connectivity index (χ0n) is 37.5. The summed E-state index contributed by atoms with van der Waals surface area (Å²) in [6.07, 6.45) is 1.14. The summed E-state index contributed by atoms with van der Waals surface area (Å²) in [5.41, 5.74) is -0.00622. The number of benzene rings is 5. The van der Waals surface area contributed by atoms with Crippen LogP contribution in [0.2, 0.25) is 5.02 Å². The van der Waals surface area contributed by atoms with Crippen LogP contribution < -0.4 is 4.74 Å². The van der Waals surface area contributed by atoms with Gasteiger partial charge in [0.2, 0.25) is 11.0 Å². The Morgan fingerprint density at radius 2 is 1.19 bits per heavy atom. The van der Waals surface area contributed by atoms with E-state index in [1.54, 1.807) is 6.92 Å². The van der Waals surface area contributed by atoms with Crippen molar-refractivity contribution in [3.8, 4) is 23.1 Å². The van der Waals surface area contributed by atoms with Crippen LogP contribution in [0.5, 0.6) is 17.4 Å². The molecule has 77 heavy (non-hydrogen) atoms. The van der Waals surface area contributed by atoms with E-state index in [0.717, 1.165) is 40.4 Å². The largest absolute Gasteiger partial charge is 0.505 e. The van der Waals surface area contributed by atoms with Gasteiger partial charge in [0.1, 0.15) is 32.6 Å². The number of fused-ring (bicyclic) bond motifs is 2. The maximum absolute atomic E-state index is 12.7. The Morgan fingerprint density at radius 3 is 1.77 bits per heavy atom. The molecular formula is C37H28ClN9O23S7. The summed E-state index contributed by atoms with van der Waals surface area (Å²) in [5, 5.41) is 49.6. The van der Waals surface area contributed by atoms with Crippen molar-refractivity contribution in [2.24, 2.45) is 30.7 Å². The number of nitrogens with zero attached hydrogens (tertiary/aromatic N) is 9. The molecular weight excluding hydrogens is 1200 g/mol. The molecule has 0 aliphatic rings. The van der Waals surface area contributed by atoms with E-state index in [-0.39, 0.29) is 84.5 Å². The molecule has 0 saturated carbocycles. The molecule has 0 unspecified atom stereocenters. The van der Waals surface area contributed by atoms with Gasteiger partial charge >= 0.3 is 27.4 Å². The predicted molar refractivity (Wildman–Crippen MR) is 260 cm³/mol. The van der Waals surface area contributed by atoms with Gasteiger partial charge in [-0.25, -0.2) is 4.98 Å². The summed E-state index contributed by atoms with van der Waals surface area (Å²) >= 11 is 6.80. The first kappa shape index (κ1) is 61.8. The number of rotatable bonds is 15. The Kier molecular flexibility index (Phi) is 20.7. The number of phenols is 1. The standard InChI is InChI=1S/C36H28ClN9O15S5.CO2.2O3S/c1-18-15-28(30(61-13-2-14-63(49,50)51)16-27(18)42-45-36-39-25-12-9-23(37)34(32(25)62-36)66(58,59)60)43-40-24-10-8-22-21(31(24)47)7-11-26(33(22)65(55,56)57)41-44-29-17-38-46(35(29)48)19-3-5-20(6-4-19)64(52,53)54;2-1-3;2*1-4(2)3/h3-12,15-17,47-48H,2,13-14H2,1H3,(H,49,50,51)(H,52,53,54)(H,55,56,57)(H,58,59,60);;;. The fourth-order valence-corrected chi connectivity index (χ4v) is 10.3. The second-order valence-electron chi connectivity index (χ2n) is 14.0. The number of aromatic hydroxyl groups is 2. The van der Waals surface area contributed by atoms with Crippen molar-refractivity contribution in [3.63, 3.8) is 0 Å². The normalized spacial score (nSPS) is 11.9. The van der Waals surface area contributed by atoms with Gasteiger partial charge in [0.05, 0.1) is 50.1 Å². The number of hydrogen-bond donors (Lipinski definition) is 6. The van der Waals surface area contributed by atoms with Gasteiger partial charge in [-0.05, 0) is 79.6 Å². The molecule has 0 aliphatic carbocycles. The molecule has 32 nitrogen and oxygen atoms in total. The first-order chi connectivity index (χ1) is 35.8. The van der Waals surface area contributed by atoms with Gasteiger partial charge in [-0.3, -0.25) is 18.2 Å². The smallest absolute Gasteiger partial charge is 0.425 e. The molecule has 408 valence electrons. The van der Waals surface area contributed by atoms with Crippen molar-refractivity contribution in [1.82, 2.24) is 14.8 Å². The van der Waals surface area contributed by atoms with E-state index in [0.29, 0.717) is 5.56 Å². The highest BCUT2D eigenvalue weighted by Gasteiger charge is 2.24. The Balaban J connectivity index is 0.00000106. The molecule has 6 N–H and O–H groups in total. The molecule has 0 atom stereocenters. The van der Waals surface area contributed by atoms with E-state index in [4.69, 9.17) is 51.2 Å². The van der Waals surface area contributed by atoms with Gasteiger partial charge in [-0.2, -0.15) is 53.0 Å². The third kappa shape index (κ3) is 17.4. The summed E-state index contributed by atoms with van der Waals surface area (Å²) in [6, 6.07) is 14.7. The Morgan fingerprint density at radius 1 is 0.662 bits per heavy atom. The third-order valence-electron chi connectivity index (χ3n) is 9.01. The number of aryl methyl sites for hydroxylation is 1. The molecule has 7 rings (SSSR count). The lowest BCUT2D eigenvalue weighted by molar-refractivity contribution is -0.191. The third-order valence-corrected chi connectivity index (χ3v) is 14.1. The summed E-state index contributed by atoms with van der Waals surface area (Å²) in [5.74, 6) is -1.87. The van der Waals surface area contributed by atoms with Crippen LogP contribution >= 0.6 is 22.9 Å². The van der Waals surface area contributed by atoms with Gasteiger partial charge in [0.15, 0.2) is 11.4 Å². The highest BCUT2D eigenvalue weighted by Crippen LogP contribution is 2.44. The minimum absolute atomic E-state index is 0.0151. The second-order valence-corrected chi connectivity index (χ2v) is 21.9. The molecule has 7 aromatic rings. The number of azo groups is 3. The first-order valence-electron chi connectivity index (χ1n) is 19.5. The zero-order chi connectivity index (χ0) is 57.8. The topological polar surface area (TPSA) is 509 Å². The van der Waals surface area contributed by atoms with Crippen molar-refractivity contribution in [3.05, 3.63) is 89.6 Å². The van der Waals surface area contributed by atoms with Crippen molar-refractivity contribution >= 4 is 145 Å². The van der Waals surface area contributed by atoms with Crippen LogP contribution in [0.1, 0.15) is 12.0 Å². The number of aromatic nitrogens is 3. The summed E-state index contributed by atoms with van der Waals surface area (Å²) in [4.78, 5) is 18.7. The van der Waals surface area contributed by atoms with Crippen molar-refractivity contribution in [2.45, 2.75) is 28.0 Å². The van der Waals surface area contributed by atoms with Crippen LogP contribution in [0.25, 0.3) is 26.7 Å². The lowest BCUT2D eigenvalue weighted by atomic mass is 10.1. The molecule has 5 aromatic carbocycles. The zero-order valence-corrected chi connectivity index (χ0v) is 44.0. The average Bonchev–Trinajstić information content (AvgIpc) is 3.89. The SMILES string of the molecule is Cc1cc(N=Nc2ccc3c(S(=O)(=O)O)c(N=Nc4cnn(-c5ccc(S(=O)(=O)O)cc5)c4O)ccc3c2O)c(OCCCS(=O)(=O)O)cc1N=Nc1nc2ccc(Cl)c(S(=O)(=O)O)c2s1.O=C=O.O=S(=O)=O.O=S(=O)=O. The molecule has 40 heteroatoms. The minimum atomic E-state index is -5.09. The van der Waals surface area contributed by atoms with Crippen molar-refractivity contribution in [2.75, 3.05) is 12.4 Å². The number of carbonyl (C=O) groups excluding carboxylic acids is 2. The molecule has 0 saturated heterocycles. The van der Waals surface area contributed by atoms with E-state index in [1.165, 1.54) is 54.6 Å². The summed E-state index contributed by atoms with van der Waals surface area (Å²) in [7, 11) is -24.9. The molecule has 0 spiro atoms. The maximum atomic E-state index is 12.7. The Hall–Kier alpha value is -7.79. The van der Waals surface area contributed by atoms with Crippen LogP contribution in [0.15, 0.2) is 124 Å². The molecule has 0 radical (unpaired) electrons. The highest BCUT2D eigenvalue weighted by atomic mass is 35.5. The van der Waals surface area contributed by atoms with E-state index >= 15 is 0 Å². The predicted octanol–water partition coefficient (Wildman–Crippen LogP) is 6.06. The number of hydrogen-bond acceptors (Lipinski definition) is 28. The van der Waals surface area contributed by atoms with E-state index in [9.17, 15) is 62.1 Å². The quantitative estimate of drug-likeness (QED) is 0.0386. The van der Waals surface area contributed by atoms with Gasteiger partial charge < -0.3 is 14.9 Å². The average molecular weight is 1230 g/mol. The number of phenolic OH excluding ortho intramolecular Hbond substituents is 1. The number of halogens is 1. The van der Waals surface area contributed by atoms with Crippen LogP contribution in [0, 0.1) is 6.92 Å². The lowest BCUT2D eigenvalue weighted by Gasteiger charge is -2.11. The Labute approximate surface area is 442 Å². The molecule has 2 aromatic heterocycles. The molecule has 0 amide bonds. The lowest BCUT2D eigenvalue weighted by Crippen LogP contribution is -2.08. The van der Waals surface area contributed by atoms with E-state index in [2.05, 4.69) is 40.8 Å². The van der Waals surface area contributed by atoms with Crippen LogP contribution in [0.3, 0.4) is 0 Å². The maximum Gasteiger partial charge on any atom is 0.425 e. The van der Waals surface area contributed by atoms with Gasteiger partial charge in [0.25, 0.3) is 40.5 Å². The summed E-state index contributed by atoms with van der Waals surface area (Å²) in [6.45, 7) is 1.35. The minimum Gasteiger partial charge on any atom is -0.505 e. The highest BCUT2D eigenvalue weighted by molar-refractivity contribution is 7.87. The molecule has 2 heterocycles. The van der Waals surface area contributed by atoms with Crippen molar-refractivity contribution < 1.29 is 102 Å². The van der Waals surface area contributed by atoms with E-state index < -0.39 is 99.4 Å². The molecule has 0 aliphatic heterocycles. The fourth-order valence-electron chi connectivity index (χ4n) is 6.04. The molecule has 0 bridgehead atoms. The van der Waals surface area contributed by atoms with Gasteiger partial charge in [-0.15, -0.1) is 55.9 Å². The van der Waals surface area contributed by atoms with Crippen molar-refractivity contribution in [1.29, 1.82) is 0 Å². The van der Waals surface area contributed by atoms with Crippen LogP contribution in [0.4, 0.5) is 33.6 Å². The fraction of sp³-hybridized carbons (Fsp3) is 0.108. The Bertz CT molecular complexity index is 4230. The summed E-state index contributed by atoms with van der Waals surface area (Å²) < 4.78 is 191.